The summed E-state index contributed by atoms with van der Waals surface area (Å²) < 4.78 is 2.64. The smallest absolute Gasteiger partial charge is 0.333 e. The van der Waals surface area contributed by atoms with Gasteiger partial charge in [0.2, 0.25) is 0 Å². The number of rotatable bonds is 3. The van der Waals surface area contributed by atoms with Gasteiger partial charge in [0.05, 0.1) is 16.7 Å². The Morgan fingerprint density at radius 3 is 1.65 bits per heavy atom. The Morgan fingerprint density at radius 2 is 1.03 bits per heavy atom. The molecule has 0 radical (unpaired) electrons. The summed E-state index contributed by atoms with van der Waals surface area (Å²) in [6.45, 7) is 27.9. The molecule has 0 saturated carbocycles. The maximum atomic E-state index is 2.71. The van der Waals surface area contributed by atoms with Gasteiger partial charge in [0.15, 0.2) is 0 Å². The Kier molecular flexibility index (Phi) is 8.56. The molecule has 314 valence electrons. The van der Waals surface area contributed by atoms with Gasteiger partial charge in [0.25, 0.3) is 0 Å². The fourth-order valence-corrected chi connectivity index (χ4v) is 11.5. The molecule has 0 aliphatic carbocycles. The van der Waals surface area contributed by atoms with Gasteiger partial charge in [-0.05, 0) is 133 Å². The third-order valence-electron chi connectivity index (χ3n) is 13.9. The molecule has 11 rings (SSSR count). The van der Waals surface area contributed by atoms with E-state index >= 15 is 0 Å². The minimum atomic E-state index is -0.0489. The average molecular weight is 840 g/mol. The van der Waals surface area contributed by atoms with E-state index in [1.807, 2.05) is 11.8 Å². The average Bonchev–Trinajstić information content (AvgIpc) is 3.56. The van der Waals surface area contributed by atoms with E-state index < -0.39 is 0 Å². The van der Waals surface area contributed by atoms with E-state index in [-0.39, 0.29) is 28.5 Å². The van der Waals surface area contributed by atoms with Crippen LogP contribution in [0, 0.1) is 0 Å². The van der Waals surface area contributed by atoms with Crippen molar-refractivity contribution >= 4 is 79.8 Å². The van der Waals surface area contributed by atoms with Crippen molar-refractivity contribution in [2.24, 2.45) is 0 Å². The Bertz CT molecular complexity index is 3120. The molecule has 63 heavy (non-hydrogen) atoms. The molecule has 3 aliphatic heterocycles. The van der Waals surface area contributed by atoms with Crippen LogP contribution < -0.4 is 20.6 Å². The summed E-state index contributed by atoms with van der Waals surface area (Å²) in [5, 5.41) is 2.66. The van der Waals surface area contributed by atoms with Crippen LogP contribution in [0.15, 0.2) is 143 Å². The van der Waals surface area contributed by atoms with Gasteiger partial charge in [-0.15, -0.1) is 0 Å². The van der Waals surface area contributed by atoms with E-state index in [4.69, 9.17) is 0 Å². The van der Waals surface area contributed by atoms with Gasteiger partial charge in [-0.25, -0.2) is 0 Å². The lowest BCUT2D eigenvalue weighted by molar-refractivity contribution is 0.590. The zero-order valence-electron chi connectivity index (χ0n) is 39.0. The standard InChI is InChI=1S/C58H58BN3S/c1-55(2,3)35-20-25-39(26-21-35)60(40-27-22-36(23-28-40)56(4,5)6)41-33-44-42-16-15-19-51-54(42)62(48-17-13-14-18-50(48)63-51)59-46-32-38(58(10,11)12)31-45-43-30-37(57(7,8)9)24-29-47(43)61(53(45)46)49(34-41)52(44)59/h13-34H,1-12H3. The molecule has 5 heteroatoms. The Morgan fingerprint density at radius 1 is 0.460 bits per heavy atom. The van der Waals surface area contributed by atoms with E-state index in [1.54, 1.807) is 0 Å². The zero-order valence-corrected chi connectivity index (χ0v) is 39.8. The first-order valence-corrected chi connectivity index (χ1v) is 23.6. The van der Waals surface area contributed by atoms with Crippen molar-refractivity contribution < 1.29 is 0 Å². The van der Waals surface area contributed by atoms with Crippen LogP contribution in [0.25, 0.3) is 38.6 Å². The van der Waals surface area contributed by atoms with Gasteiger partial charge in [0, 0.05) is 54.6 Å². The number of fused-ring (bicyclic) bond motifs is 9. The highest BCUT2D eigenvalue weighted by atomic mass is 32.2. The van der Waals surface area contributed by atoms with Crippen LogP contribution in [0.3, 0.4) is 0 Å². The van der Waals surface area contributed by atoms with Crippen molar-refractivity contribution in [3.8, 4) is 16.8 Å². The monoisotopic (exact) mass is 839 g/mol. The number of para-hydroxylation sites is 2. The summed E-state index contributed by atoms with van der Waals surface area (Å²) in [6.07, 6.45) is 0. The minimum Gasteiger partial charge on any atom is -0.374 e. The highest BCUT2D eigenvalue weighted by Crippen LogP contribution is 2.56. The first kappa shape index (κ1) is 40.2. The third-order valence-corrected chi connectivity index (χ3v) is 15.1. The third kappa shape index (κ3) is 6.16. The second-order valence-corrected chi connectivity index (χ2v) is 23.5. The van der Waals surface area contributed by atoms with Gasteiger partial charge in [-0.2, -0.15) is 0 Å². The molecule has 3 aliphatic rings. The van der Waals surface area contributed by atoms with E-state index in [0.717, 1.165) is 17.1 Å². The van der Waals surface area contributed by atoms with Crippen LogP contribution in [0.2, 0.25) is 0 Å². The van der Waals surface area contributed by atoms with E-state index in [9.17, 15) is 0 Å². The lowest BCUT2D eigenvalue weighted by Gasteiger charge is -2.46. The fraction of sp³-hybridized carbons (Fsp3) is 0.276. The van der Waals surface area contributed by atoms with Gasteiger partial charge in [-0.3, -0.25) is 0 Å². The molecule has 0 atom stereocenters. The van der Waals surface area contributed by atoms with Crippen LogP contribution in [-0.4, -0.2) is 11.4 Å². The molecule has 0 bridgehead atoms. The Balaban J connectivity index is 1.28. The van der Waals surface area contributed by atoms with Crippen LogP contribution >= 0.6 is 11.8 Å². The number of nitrogens with zero attached hydrogens (tertiary/aromatic N) is 3. The normalized spacial score (nSPS) is 14.2. The second kappa shape index (κ2) is 13.4. The molecule has 0 fully saturated rings. The first-order valence-electron chi connectivity index (χ1n) is 22.8. The zero-order chi connectivity index (χ0) is 44.1. The molecular weight excluding hydrogens is 782 g/mol. The van der Waals surface area contributed by atoms with Crippen molar-refractivity contribution in [1.82, 2.24) is 4.57 Å². The van der Waals surface area contributed by atoms with Gasteiger partial charge in [0.1, 0.15) is 0 Å². The fourth-order valence-electron chi connectivity index (χ4n) is 10.4. The predicted molar refractivity (Wildman–Crippen MR) is 273 cm³/mol. The van der Waals surface area contributed by atoms with Crippen molar-refractivity contribution in [2.45, 2.75) is 115 Å². The minimum absolute atomic E-state index is 0.00968. The van der Waals surface area contributed by atoms with E-state index in [2.05, 4.69) is 231 Å². The summed E-state index contributed by atoms with van der Waals surface area (Å²) in [7, 11) is 0. The van der Waals surface area contributed by atoms with Crippen molar-refractivity contribution in [1.29, 1.82) is 0 Å². The summed E-state index contributed by atoms with van der Waals surface area (Å²) >= 11 is 1.91. The molecular formula is C58H58BN3S. The molecule has 0 spiro atoms. The first-order chi connectivity index (χ1) is 29.8. The molecule has 0 N–H and O–H groups in total. The van der Waals surface area contributed by atoms with Crippen LogP contribution in [0.4, 0.5) is 28.4 Å². The topological polar surface area (TPSA) is 11.4 Å². The number of anilines is 5. The molecule has 3 nitrogen and oxygen atoms in total. The van der Waals surface area contributed by atoms with Gasteiger partial charge in [-0.1, -0.05) is 156 Å². The van der Waals surface area contributed by atoms with Gasteiger partial charge < -0.3 is 14.3 Å². The van der Waals surface area contributed by atoms with Crippen molar-refractivity contribution in [2.75, 3.05) is 9.71 Å². The van der Waals surface area contributed by atoms with Crippen LogP contribution in [0.5, 0.6) is 0 Å². The quantitative estimate of drug-likeness (QED) is 0.164. The second-order valence-electron chi connectivity index (χ2n) is 22.4. The molecule has 1 aromatic heterocycles. The summed E-state index contributed by atoms with van der Waals surface area (Å²) in [5.41, 5.74) is 20.6. The SMILES string of the molecule is CC(C)(C)c1ccc(N(c2ccc(C(C)(C)C)cc2)c2cc3c4c(c2)-n2c5ccc(C(C)(C)C)cc5c5cc(C(C)(C)C)cc(c52)B4N2c4ccccc4Sc4cccc-3c42)cc1. The predicted octanol–water partition coefficient (Wildman–Crippen LogP) is 15.1. The molecule has 0 unspecified atom stereocenters. The molecule has 7 aromatic carbocycles. The maximum absolute atomic E-state index is 2.71. The van der Waals surface area contributed by atoms with Crippen molar-refractivity contribution in [3.05, 3.63) is 156 Å². The highest BCUT2D eigenvalue weighted by Gasteiger charge is 2.47. The molecule has 8 aromatic rings. The Hall–Kier alpha value is -5.65. The van der Waals surface area contributed by atoms with Crippen LogP contribution in [0.1, 0.15) is 105 Å². The molecule has 0 saturated heterocycles. The lowest BCUT2D eigenvalue weighted by atomic mass is 9.43. The molecule has 0 amide bonds. The summed E-state index contributed by atoms with van der Waals surface area (Å²) in [6, 6.07) is 52.0. The van der Waals surface area contributed by atoms with Crippen molar-refractivity contribution in [3.63, 3.8) is 0 Å². The number of hydrogen-bond acceptors (Lipinski definition) is 3. The lowest BCUT2D eigenvalue weighted by Crippen LogP contribution is -2.61. The highest BCUT2D eigenvalue weighted by molar-refractivity contribution is 7.99. The summed E-state index contributed by atoms with van der Waals surface area (Å²) in [4.78, 5) is 7.81. The van der Waals surface area contributed by atoms with E-state index in [1.165, 1.54) is 93.0 Å². The number of aromatic nitrogens is 1. The summed E-state index contributed by atoms with van der Waals surface area (Å²) in [5.74, 6) is 0. The molecule has 4 heterocycles. The number of benzene rings is 7. The van der Waals surface area contributed by atoms with E-state index in [0.29, 0.717) is 0 Å². The van der Waals surface area contributed by atoms with Gasteiger partial charge >= 0.3 is 6.85 Å². The van der Waals surface area contributed by atoms with Crippen LogP contribution in [-0.2, 0) is 21.7 Å². The number of hydrogen-bond donors (Lipinski definition) is 0. The maximum Gasteiger partial charge on any atom is 0.333 e. The Labute approximate surface area is 379 Å². The largest absolute Gasteiger partial charge is 0.374 e.